The molecule has 2 fully saturated rings. The molecule has 2 N–H and O–H groups in total. The number of nitrogens with one attached hydrogen (secondary N) is 2. The van der Waals surface area contributed by atoms with Crippen molar-refractivity contribution in [2.75, 3.05) is 27.2 Å². The van der Waals surface area contributed by atoms with Crippen LogP contribution in [0.2, 0.25) is 0 Å². The number of aromatic nitrogens is 4. The SMILES string of the molecule is Cn1c(-c2ccnn2-c2ccc(C#N)cc2)c(C(=O)NC2CCC(C(=O)NC3CC[N+](C)(C)CC3)CC2)c(=O)n1-c1cccc(C(F)(F)F)c1.c1ccccc1. The van der Waals surface area contributed by atoms with E-state index in [9.17, 15) is 32.8 Å². The molecular weight excluding hydrogens is 722 g/mol. The number of amides is 2. The van der Waals surface area contributed by atoms with Gasteiger partial charge >= 0.3 is 6.18 Å². The second-order valence-electron chi connectivity index (χ2n) is 15.0. The van der Waals surface area contributed by atoms with Gasteiger partial charge in [-0.1, -0.05) is 42.5 Å². The number of likely N-dealkylation sites (tertiary alicyclic amines) is 1. The fraction of sp³-hybridized carbons (Fsp3) is 0.357. The monoisotopic (exact) mass is 767 g/mol. The lowest BCUT2D eigenvalue weighted by Crippen LogP contribution is -2.52. The average molecular weight is 768 g/mol. The Labute approximate surface area is 323 Å². The van der Waals surface area contributed by atoms with Crippen molar-refractivity contribution in [2.45, 2.75) is 56.8 Å². The van der Waals surface area contributed by atoms with Crippen LogP contribution in [-0.4, -0.2) is 74.7 Å². The van der Waals surface area contributed by atoms with E-state index in [4.69, 9.17) is 0 Å². The molecule has 3 aromatic carbocycles. The van der Waals surface area contributed by atoms with Crippen molar-refractivity contribution >= 4 is 11.8 Å². The van der Waals surface area contributed by atoms with Gasteiger partial charge in [-0.25, -0.2) is 9.36 Å². The maximum atomic E-state index is 14.1. The number of nitriles is 1. The quantitative estimate of drug-likeness (QED) is 0.190. The summed E-state index contributed by atoms with van der Waals surface area (Å²) >= 11 is 0. The maximum Gasteiger partial charge on any atom is 0.416 e. The van der Waals surface area contributed by atoms with Gasteiger partial charge in [0.25, 0.3) is 11.5 Å². The molecule has 1 aliphatic carbocycles. The fourth-order valence-electron chi connectivity index (χ4n) is 7.45. The van der Waals surface area contributed by atoms with Crippen LogP contribution < -0.4 is 16.2 Å². The van der Waals surface area contributed by atoms with E-state index in [0.29, 0.717) is 42.6 Å². The maximum absolute atomic E-state index is 14.1. The minimum atomic E-state index is -4.65. The van der Waals surface area contributed by atoms with Crippen LogP contribution in [0.15, 0.2) is 102 Å². The predicted molar refractivity (Wildman–Crippen MR) is 206 cm³/mol. The predicted octanol–water partition coefficient (Wildman–Crippen LogP) is 6.25. The van der Waals surface area contributed by atoms with Gasteiger partial charge in [0.15, 0.2) is 0 Å². The molecule has 14 heteroatoms. The standard InChI is InChI=1S/C36H39F3N8O3.C6H6/c1-44-32(30-15-18-41-45(30)28-13-7-23(22-40)8-14-28)31(35(50)46(44)29-6-4-5-25(21-29)36(37,38)39)34(49)43-26-11-9-24(10-12-26)33(48)42-27-16-19-47(2,3)20-17-27;1-2-4-6-5-3-1/h4-8,13-15,18,21,24,26-27H,9-12,16-17,19-20H2,1-3H3,(H-,42,43,48,49);1-6H/p+1. The number of benzene rings is 3. The second kappa shape index (κ2) is 16.8. The minimum absolute atomic E-state index is 0.0392. The highest BCUT2D eigenvalue weighted by Crippen LogP contribution is 2.32. The normalized spacial score (nSPS) is 18.2. The van der Waals surface area contributed by atoms with Gasteiger partial charge in [-0.3, -0.25) is 19.1 Å². The number of alkyl halides is 3. The molecule has 0 bridgehead atoms. The molecule has 0 unspecified atom stereocenters. The molecule has 0 spiro atoms. The van der Waals surface area contributed by atoms with Crippen molar-refractivity contribution in [1.82, 2.24) is 29.8 Å². The Bertz CT molecular complexity index is 2210. The van der Waals surface area contributed by atoms with Gasteiger partial charge in [-0.05, 0) is 74.2 Å². The molecule has 292 valence electrons. The first-order valence-electron chi connectivity index (χ1n) is 18.7. The number of hydrogen-bond donors (Lipinski definition) is 2. The van der Waals surface area contributed by atoms with Crippen LogP contribution in [-0.2, 0) is 18.0 Å². The largest absolute Gasteiger partial charge is 0.416 e. The summed E-state index contributed by atoms with van der Waals surface area (Å²) in [6.07, 6.45) is 0.930. The van der Waals surface area contributed by atoms with Crippen LogP contribution in [0.3, 0.4) is 0 Å². The molecule has 1 saturated heterocycles. The molecule has 2 amide bonds. The molecule has 5 aromatic rings. The third kappa shape index (κ3) is 9.12. The van der Waals surface area contributed by atoms with Crippen molar-refractivity contribution in [3.63, 3.8) is 0 Å². The van der Waals surface area contributed by atoms with Crippen LogP contribution >= 0.6 is 0 Å². The number of halogens is 3. The van der Waals surface area contributed by atoms with Gasteiger partial charge in [-0.15, -0.1) is 0 Å². The van der Waals surface area contributed by atoms with Crippen LogP contribution in [0.4, 0.5) is 13.2 Å². The number of hydrogen-bond acceptors (Lipinski definition) is 5. The Balaban J connectivity index is 0.000000809. The van der Waals surface area contributed by atoms with E-state index < -0.39 is 23.2 Å². The zero-order valence-corrected chi connectivity index (χ0v) is 31.7. The number of nitrogens with zero attached hydrogens (tertiary/aromatic N) is 6. The first-order chi connectivity index (χ1) is 26.8. The van der Waals surface area contributed by atoms with Crippen molar-refractivity contribution in [3.8, 4) is 28.8 Å². The Morgan fingerprint density at radius 3 is 2.02 bits per heavy atom. The third-order valence-corrected chi connectivity index (χ3v) is 10.7. The lowest BCUT2D eigenvalue weighted by atomic mass is 9.85. The summed E-state index contributed by atoms with van der Waals surface area (Å²) in [5.74, 6) is -0.799. The number of carbonyl (C=O) groups excluding carboxylic acids is 2. The molecule has 3 heterocycles. The van der Waals surface area contributed by atoms with Crippen LogP contribution in [0, 0.1) is 17.2 Å². The van der Waals surface area contributed by atoms with E-state index in [-0.39, 0.29) is 40.9 Å². The average Bonchev–Trinajstić information content (AvgIpc) is 3.78. The molecule has 0 atom stereocenters. The summed E-state index contributed by atoms with van der Waals surface area (Å²) in [6.45, 7) is 2.02. The van der Waals surface area contributed by atoms with Crippen molar-refractivity contribution < 1.29 is 27.2 Å². The molecule has 1 saturated carbocycles. The highest BCUT2D eigenvalue weighted by atomic mass is 19.4. The first kappa shape index (κ1) is 39.7. The lowest BCUT2D eigenvalue weighted by Gasteiger charge is -2.38. The third-order valence-electron chi connectivity index (χ3n) is 10.7. The topological polar surface area (TPSA) is 127 Å². The Hall–Kier alpha value is -5.94. The summed E-state index contributed by atoms with van der Waals surface area (Å²) in [7, 11) is 5.88. The van der Waals surface area contributed by atoms with E-state index in [2.05, 4.69) is 35.9 Å². The molecule has 56 heavy (non-hydrogen) atoms. The van der Waals surface area contributed by atoms with Crippen molar-refractivity contribution in [3.05, 3.63) is 124 Å². The summed E-state index contributed by atoms with van der Waals surface area (Å²) in [5, 5.41) is 19.9. The van der Waals surface area contributed by atoms with Gasteiger partial charge in [0.1, 0.15) is 11.3 Å². The lowest BCUT2D eigenvalue weighted by molar-refractivity contribution is -0.895. The molecular formula is C42H46F3N8O3+. The van der Waals surface area contributed by atoms with Gasteiger partial charge < -0.3 is 15.1 Å². The zero-order valence-electron chi connectivity index (χ0n) is 31.7. The van der Waals surface area contributed by atoms with E-state index in [1.54, 1.807) is 30.3 Å². The Morgan fingerprint density at radius 1 is 0.821 bits per heavy atom. The number of rotatable bonds is 7. The first-order valence-corrected chi connectivity index (χ1v) is 18.7. The second-order valence-corrected chi connectivity index (χ2v) is 15.0. The summed E-state index contributed by atoms with van der Waals surface area (Å²) in [4.78, 5) is 41.3. The summed E-state index contributed by atoms with van der Waals surface area (Å²) in [6, 6.07) is 26.4. The molecule has 0 radical (unpaired) electrons. The van der Waals surface area contributed by atoms with Crippen molar-refractivity contribution in [2.24, 2.45) is 13.0 Å². The molecule has 7 rings (SSSR count). The van der Waals surface area contributed by atoms with Crippen molar-refractivity contribution in [1.29, 1.82) is 5.26 Å². The van der Waals surface area contributed by atoms with E-state index in [0.717, 1.165) is 47.2 Å². The van der Waals surface area contributed by atoms with Crippen LogP contribution in [0.5, 0.6) is 0 Å². The number of quaternary nitrogens is 1. The molecule has 1 aliphatic heterocycles. The summed E-state index contributed by atoms with van der Waals surface area (Å²) < 4.78 is 45.9. The van der Waals surface area contributed by atoms with Crippen LogP contribution in [0.1, 0.15) is 60.0 Å². The minimum Gasteiger partial charge on any atom is -0.353 e. The van der Waals surface area contributed by atoms with E-state index >= 15 is 0 Å². The molecule has 2 aliphatic rings. The summed E-state index contributed by atoms with van der Waals surface area (Å²) in [5.41, 5.74) is -0.593. The molecule has 2 aromatic heterocycles. The fourth-order valence-corrected chi connectivity index (χ4v) is 7.45. The smallest absolute Gasteiger partial charge is 0.353 e. The van der Waals surface area contributed by atoms with Gasteiger partial charge in [0, 0.05) is 37.9 Å². The Morgan fingerprint density at radius 2 is 1.43 bits per heavy atom. The Kier molecular flexibility index (Phi) is 11.9. The van der Waals surface area contributed by atoms with E-state index in [1.165, 1.54) is 34.7 Å². The van der Waals surface area contributed by atoms with Gasteiger partial charge in [0.05, 0.1) is 67.6 Å². The number of carbonyl (C=O) groups is 2. The zero-order chi connectivity index (χ0) is 40.0. The van der Waals surface area contributed by atoms with Gasteiger partial charge in [0.2, 0.25) is 5.91 Å². The molecule has 11 nitrogen and oxygen atoms in total. The van der Waals surface area contributed by atoms with Crippen LogP contribution in [0.25, 0.3) is 22.8 Å². The highest BCUT2D eigenvalue weighted by Gasteiger charge is 2.35. The highest BCUT2D eigenvalue weighted by molar-refractivity contribution is 6.00. The number of piperidine rings is 1. The van der Waals surface area contributed by atoms with Gasteiger partial charge in [-0.2, -0.15) is 23.5 Å². The van der Waals surface area contributed by atoms with E-state index in [1.807, 2.05) is 36.4 Å².